The molecule has 1 aliphatic carbocycles. The molecular weight excluding hydrogens is 268 g/mol. The van der Waals surface area contributed by atoms with Crippen molar-refractivity contribution in [2.45, 2.75) is 31.7 Å². The number of hydrogen-bond acceptors (Lipinski definition) is 2. The molecule has 1 fully saturated rings. The zero-order valence-corrected chi connectivity index (χ0v) is 11.6. The van der Waals surface area contributed by atoms with E-state index in [1.807, 2.05) is 30.5 Å². The first-order chi connectivity index (χ1) is 10.1. The Balaban J connectivity index is 1.67. The predicted molar refractivity (Wildman–Crippen MR) is 79.1 cm³/mol. The number of carbonyl (C=O) groups is 2. The first kappa shape index (κ1) is 13.7. The van der Waals surface area contributed by atoms with Gasteiger partial charge in [0, 0.05) is 28.7 Å². The molecule has 5 nitrogen and oxygen atoms in total. The number of aliphatic carboxylic acids is 1. The average Bonchev–Trinajstić information content (AvgIpc) is 2.96. The fourth-order valence-electron chi connectivity index (χ4n) is 3.03. The standard InChI is InChI=1S/C16H18N2O3/c19-15(13-2-1-3-14-12(13)8-9-17-14)18-11-6-4-10(5-7-11)16(20)21/h1-3,8-11,17H,4-7H2,(H,18,19)(H,20,21). The van der Waals surface area contributed by atoms with Crippen LogP contribution in [0.15, 0.2) is 30.5 Å². The minimum Gasteiger partial charge on any atom is -0.481 e. The summed E-state index contributed by atoms with van der Waals surface area (Å²) in [6.45, 7) is 0. The van der Waals surface area contributed by atoms with Gasteiger partial charge in [0.25, 0.3) is 5.91 Å². The van der Waals surface area contributed by atoms with Crippen molar-refractivity contribution >= 4 is 22.8 Å². The molecule has 0 radical (unpaired) electrons. The van der Waals surface area contributed by atoms with Crippen molar-refractivity contribution in [2.24, 2.45) is 5.92 Å². The van der Waals surface area contributed by atoms with Crippen LogP contribution in [-0.4, -0.2) is 28.0 Å². The van der Waals surface area contributed by atoms with Crippen LogP contribution in [0.25, 0.3) is 10.9 Å². The monoisotopic (exact) mass is 286 g/mol. The molecule has 1 aromatic carbocycles. The van der Waals surface area contributed by atoms with Crippen LogP contribution in [0.3, 0.4) is 0 Å². The maximum Gasteiger partial charge on any atom is 0.306 e. The summed E-state index contributed by atoms with van der Waals surface area (Å²) in [6, 6.07) is 7.57. The molecular formula is C16H18N2O3. The number of nitrogens with one attached hydrogen (secondary N) is 2. The van der Waals surface area contributed by atoms with Gasteiger partial charge in [-0.25, -0.2) is 0 Å². The highest BCUT2D eigenvalue weighted by Crippen LogP contribution is 2.25. The van der Waals surface area contributed by atoms with E-state index in [9.17, 15) is 9.59 Å². The number of fused-ring (bicyclic) bond motifs is 1. The van der Waals surface area contributed by atoms with Gasteiger partial charge in [-0.2, -0.15) is 0 Å². The lowest BCUT2D eigenvalue weighted by Crippen LogP contribution is -2.38. The second-order valence-corrected chi connectivity index (χ2v) is 5.60. The van der Waals surface area contributed by atoms with Crippen LogP contribution >= 0.6 is 0 Å². The molecule has 0 saturated heterocycles. The third-order valence-electron chi connectivity index (χ3n) is 4.25. The molecule has 1 aliphatic rings. The molecule has 1 aromatic heterocycles. The molecule has 1 heterocycles. The third kappa shape index (κ3) is 2.77. The van der Waals surface area contributed by atoms with E-state index >= 15 is 0 Å². The van der Waals surface area contributed by atoms with Crippen molar-refractivity contribution in [3.05, 3.63) is 36.0 Å². The van der Waals surface area contributed by atoms with E-state index in [2.05, 4.69) is 10.3 Å². The largest absolute Gasteiger partial charge is 0.481 e. The quantitative estimate of drug-likeness (QED) is 0.811. The van der Waals surface area contributed by atoms with Gasteiger partial charge in [0.15, 0.2) is 0 Å². The van der Waals surface area contributed by atoms with E-state index in [-0.39, 0.29) is 17.9 Å². The predicted octanol–water partition coefficient (Wildman–Crippen LogP) is 2.54. The molecule has 2 aromatic rings. The fraction of sp³-hybridized carbons (Fsp3) is 0.375. The van der Waals surface area contributed by atoms with Crippen molar-refractivity contribution in [2.75, 3.05) is 0 Å². The number of carbonyl (C=O) groups excluding carboxylic acids is 1. The Morgan fingerprint density at radius 1 is 1.14 bits per heavy atom. The highest BCUT2D eigenvalue weighted by Gasteiger charge is 2.27. The van der Waals surface area contributed by atoms with Crippen molar-refractivity contribution in [1.29, 1.82) is 0 Å². The SMILES string of the molecule is O=C(NC1CCC(C(=O)O)CC1)c1cccc2[nH]ccc12. The van der Waals surface area contributed by atoms with Gasteiger partial charge in [-0.15, -0.1) is 0 Å². The topological polar surface area (TPSA) is 82.2 Å². The second kappa shape index (κ2) is 5.60. The van der Waals surface area contributed by atoms with E-state index in [0.29, 0.717) is 18.4 Å². The lowest BCUT2D eigenvalue weighted by Gasteiger charge is -2.26. The highest BCUT2D eigenvalue weighted by molar-refractivity contribution is 6.06. The summed E-state index contributed by atoms with van der Waals surface area (Å²) in [6.07, 6.45) is 4.54. The number of rotatable bonds is 3. The van der Waals surface area contributed by atoms with Crippen molar-refractivity contribution in [3.8, 4) is 0 Å². The summed E-state index contributed by atoms with van der Waals surface area (Å²) in [4.78, 5) is 26.4. The average molecular weight is 286 g/mol. The Morgan fingerprint density at radius 2 is 1.90 bits per heavy atom. The van der Waals surface area contributed by atoms with Gasteiger partial charge in [-0.1, -0.05) is 6.07 Å². The minimum absolute atomic E-state index is 0.0716. The van der Waals surface area contributed by atoms with Crippen LogP contribution in [0, 0.1) is 5.92 Å². The molecule has 5 heteroatoms. The first-order valence-electron chi connectivity index (χ1n) is 7.25. The third-order valence-corrected chi connectivity index (χ3v) is 4.25. The first-order valence-corrected chi connectivity index (χ1v) is 7.25. The maximum atomic E-state index is 12.4. The summed E-state index contributed by atoms with van der Waals surface area (Å²) in [5.74, 6) is -1.07. The van der Waals surface area contributed by atoms with Crippen LogP contribution in [0.1, 0.15) is 36.0 Å². The molecule has 0 aliphatic heterocycles. The summed E-state index contributed by atoms with van der Waals surface area (Å²) in [5.41, 5.74) is 1.60. The summed E-state index contributed by atoms with van der Waals surface area (Å²) >= 11 is 0. The van der Waals surface area contributed by atoms with Crippen molar-refractivity contribution in [3.63, 3.8) is 0 Å². The lowest BCUT2D eigenvalue weighted by molar-refractivity contribution is -0.142. The van der Waals surface area contributed by atoms with Gasteiger partial charge in [0.2, 0.25) is 0 Å². The van der Waals surface area contributed by atoms with Crippen LogP contribution in [0.5, 0.6) is 0 Å². The zero-order valence-electron chi connectivity index (χ0n) is 11.6. The highest BCUT2D eigenvalue weighted by atomic mass is 16.4. The molecule has 1 saturated carbocycles. The number of carboxylic acids is 1. The van der Waals surface area contributed by atoms with Crippen LogP contribution in [-0.2, 0) is 4.79 Å². The fourth-order valence-corrected chi connectivity index (χ4v) is 3.03. The molecule has 0 unspecified atom stereocenters. The number of hydrogen-bond donors (Lipinski definition) is 3. The number of aromatic amines is 1. The Hall–Kier alpha value is -2.30. The Bertz CT molecular complexity index is 669. The summed E-state index contributed by atoms with van der Waals surface area (Å²) in [7, 11) is 0. The molecule has 0 bridgehead atoms. The van der Waals surface area contributed by atoms with Gasteiger partial charge in [0.05, 0.1) is 5.92 Å². The number of H-pyrrole nitrogens is 1. The summed E-state index contributed by atoms with van der Waals surface area (Å²) < 4.78 is 0. The maximum absolute atomic E-state index is 12.4. The number of amides is 1. The molecule has 21 heavy (non-hydrogen) atoms. The van der Waals surface area contributed by atoms with E-state index in [1.54, 1.807) is 0 Å². The Morgan fingerprint density at radius 3 is 2.62 bits per heavy atom. The smallest absolute Gasteiger partial charge is 0.306 e. The second-order valence-electron chi connectivity index (χ2n) is 5.60. The van der Waals surface area contributed by atoms with Crippen molar-refractivity contribution < 1.29 is 14.7 Å². The van der Waals surface area contributed by atoms with Crippen molar-refractivity contribution in [1.82, 2.24) is 10.3 Å². The normalized spacial score (nSPS) is 22.1. The molecule has 110 valence electrons. The Labute approximate surface area is 122 Å². The number of carboxylic acid groups (broad SMARTS) is 1. The van der Waals surface area contributed by atoms with Crippen LogP contribution in [0.2, 0.25) is 0 Å². The van der Waals surface area contributed by atoms with E-state index in [1.165, 1.54) is 0 Å². The van der Waals surface area contributed by atoms with E-state index in [0.717, 1.165) is 23.7 Å². The van der Waals surface area contributed by atoms with Gasteiger partial charge in [-0.3, -0.25) is 9.59 Å². The molecule has 0 spiro atoms. The Kier molecular flexibility index (Phi) is 3.64. The van der Waals surface area contributed by atoms with Crippen LogP contribution < -0.4 is 5.32 Å². The number of aromatic nitrogens is 1. The number of benzene rings is 1. The van der Waals surface area contributed by atoms with Gasteiger partial charge in [0.1, 0.15) is 0 Å². The molecule has 3 N–H and O–H groups in total. The molecule has 1 amide bonds. The van der Waals surface area contributed by atoms with Gasteiger partial charge < -0.3 is 15.4 Å². The lowest BCUT2D eigenvalue weighted by atomic mass is 9.86. The summed E-state index contributed by atoms with van der Waals surface area (Å²) in [5, 5.41) is 12.9. The molecule has 3 rings (SSSR count). The zero-order chi connectivity index (χ0) is 14.8. The van der Waals surface area contributed by atoms with E-state index in [4.69, 9.17) is 5.11 Å². The van der Waals surface area contributed by atoms with Gasteiger partial charge >= 0.3 is 5.97 Å². The minimum atomic E-state index is -0.725. The molecule has 0 atom stereocenters. The van der Waals surface area contributed by atoms with E-state index < -0.39 is 5.97 Å². The van der Waals surface area contributed by atoms with Gasteiger partial charge in [-0.05, 0) is 43.9 Å². The van der Waals surface area contributed by atoms with Crippen LogP contribution in [0.4, 0.5) is 0 Å².